The van der Waals surface area contributed by atoms with Crippen LogP contribution in [0.25, 0.3) is 0 Å². The first-order chi connectivity index (χ1) is 8.47. The fourth-order valence-electron chi connectivity index (χ4n) is 2.00. The SMILES string of the molecule is Cc1nc(C)c(C(=O)NC(CC(=O)O)C2CC2)s1. The first-order valence-corrected chi connectivity index (χ1v) is 6.75. The van der Waals surface area contributed by atoms with Crippen molar-refractivity contribution in [3.8, 4) is 0 Å². The van der Waals surface area contributed by atoms with E-state index in [4.69, 9.17) is 5.11 Å². The van der Waals surface area contributed by atoms with Crippen LogP contribution in [0.5, 0.6) is 0 Å². The van der Waals surface area contributed by atoms with Crippen LogP contribution in [0.15, 0.2) is 0 Å². The molecule has 0 radical (unpaired) electrons. The van der Waals surface area contributed by atoms with Gasteiger partial charge in [0.2, 0.25) is 0 Å². The van der Waals surface area contributed by atoms with Gasteiger partial charge in [-0.2, -0.15) is 0 Å². The zero-order valence-corrected chi connectivity index (χ0v) is 11.2. The summed E-state index contributed by atoms with van der Waals surface area (Å²) in [6.45, 7) is 3.64. The lowest BCUT2D eigenvalue weighted by molar-refractivity contribution is -0.137. The van der Waals surface area contributed by atoms with Crippen molar-refractivity contribution in [1.29, 1.82) is 0 Å². The summed E-state index contributed by atoms with van der Waals surface area (Å²) < 4.78 is 0. The van der Waals surface area contributed by atoms with Crippen LogP contribution in [0.2, 0.25) is 0 Å². The molecule has 1 heterocycles. The van der Waals surface area contributed by atoms with E-state index in [2.05, 4.69) is 10.3 Å². The number of aliphatic carboxylic acids is 1. The highest BCUT2D eigenvalue weighted by atomic mass is 32.1. The Bertz CT molecular complexity index is 480. The first kappa shape index (κ1) is 13.0. The Balaban J connectivity index is 2.04. The molecule has 0 aliphatic heterocycles. The number of aromatic nitrogens is 1. The van der Waals surface area contributed by atoms with E-state index >= 15 is 0 Å². The second kappa shape index (κ2) is 5.06. The van der Waals surface area contributed by atoms with Crippen molar-refractivity contribution < 1.29 is 14.7 Å². The van der Waals surface area contributed by atoms with Gasteiger partial charge in [-0.25, -0.2) is 4.98 Å². The number of carbonyl (C=O) groups is 2. The van der Waals surface area contributed by atoms with Crippen LogP contribution in [0.4, 0.5) is 0 Å². The summed E-state index contributed by atoms with van der Waals surface area (Å²) in [6, 6.07) is -0.253. The molecule has 2 rings (SSSR count). The first-order valence-electron chi connectivity index (χ1n) is 5.94. The summed E-state index contributed by atoms with van der Waals surface area (Å²) in [5.41, 5.74) is 0.708. The normalized spacial score (nSPS) is 16.3. The molecule has 6 heteroatoms. The minimum Gasteiger partial charge on any atom is -0.481 e. The van der Waals surface area contributed by atoms with E-state index in [1.807, 2.05) is 6.92 Å². The van der Waals surface area contributed by atoms with Gasteiger partial charge < -0.3 is 10.4 Å². The van der Waals surface area contributed by atoms with Crippen LogP contribution >= 0.6 is 11.3 Å². The Morgan fingerprint density at radius 2 is 2.17 bits per heavy atom. The number of hydrogen-bond acceptors (Lipinski definition) is 4. The van der Waals surface area contributed by atoms with E-state index in [-0.39, 0.29) is 18.4 Å². The zero-order chi connectivity index (χ0) is 13.3. The molecule has 1 aliphatic carbocycles. The molecule has 5 nitrogen and oxygen atoms in total. The summed E-state index contributed by atoms with van der Waals surface area (Å²) >= 11 is 1.34. The fraction of sp³-hybridized carbons (Fsp3) is 0.583. The minimum atomic E-state index is -0.871. The van der Waals surface area contributed by atoms with Crippen molar-refractivity contribution in [3.05, 3.63) is 15.6 Å². The molecule has 0 aromatic carbocycles. The van der Waals surface area contributed by atoms with Gasteiger partial charge in [-0.05, 0) is 32.6 Å². The van der Waals surface area contributed by atoms with Crippen LogP contribution in [0.1, 0.15) is 39.6 Å². The minimum absolute atomic E-state index is 0.00671. The van der Waals surface area contributed by atoms with Crippen molar-refractivity contribution in [3.63, 3.8) is 0 Å². The molecule has 0 spiro atoms. The number of amides is 1. The monoisotopic (exact) mass is 268 g/mol. The number of carboxylic acid groups (broad SMARTS) is 1. The van der Waals surface area contributed by atoms with Crippen molar-refractivity contribution >= 4 is 23.2 Å². The molecule has 18 heavy (non-hydrogen) atoms. The summed E-state index contributed by atoms with van der Waals surface area (Å²) in [5, 5.41) is 12.5. The molecule has 0 bridgehead atoms. The maximum Gasteiger partial charge on any atom is 0.305 e. The van der Waals surface area contributed by atoms with E-state index in [0.29, 0.717) is 16.5 Å². The molecule has 1 unspecified atom stereocenters. The van der Waals surface area contributed by atoms with E-state index in [1.54, 1.807) is 6.92 Å². The Hall–Kier alpha value is -1.43. The predicted molar refractivity (Wildman–Crippen MR) is 67.8 cm³/mol. The zero-order valence-electron chi connectivity index (χ0n) is 10.4. The molecular formula is C12H16N2O3S. The number of nitrogens with one attached hydrogen (secondary N) is 1. The third kappa shape index (κ3) is 3.07. The molecule has 1 aromatic heterocycles. The Morgan fingerprint density at radius 3 is 2.61 bits per heavy atom. The molecule has 1 aliphatic rings. The van der Waals surface area contributed by atoms with Crippen LogP contribution in [-0.4, -0.2) is 28.0 Å². The van der Waals surface area contributed by atoms with Gasteiger partial charge in [0.1, 0.15) is 4.88 Å². The van der Waals surface area contributed by atoms with E-state index in [1.165, 1.54) is 11.3 Å². The van der Waals surface area contributed by atoms with Crippen molar-refractivity contribution in [2.45, 2.75) is 39.2 Å². The summed E-state index contributed by atoms with van der Waals surface area (Å²) in [4.78, 5) is 27.6. The number of nitrogens with zero attached hydrogens (tertiary/aromatic N) is 1. The average molecular weight is 268 g/mol. The number of rotatable bonds is 5. The van der Waals surface area contributed by atoms with Gasteiger partial charge in [-0.15, -0.1) is 11.3 Å². The van der Waals surface area contributed by atoms with Crippen LogP contribution in [-0.2, 0) is 4.79 Å². The third-order valence-electron chi connectivity index (χ3n) is 3.01. The van der Waals surface area contributed by atoms with Crippen LogP contribution in [0.3, 0.4) is 0 Å². The smallest absolute Gasteiger partial charge is 0.305 e. The molecule has 1 atom stereocenters. The molecule has 98 valence electrons. The summed E-state index contributed by atoms with van der Waals surface area (Å²) in [7, 11) is 0. The standard InChI is InChI=1S/C12H16N2O3S/c1-6-11(18-7(2)13-6)12(17)14-9(5-10(15)16)8-3-4-8/h8-9H,3-5H2,1-2H3,(H,14,17)(H,15,16). The largest absolute Gasteiger partial charge is 0.481 e. The molecule has 1 fully saturated rings. The Kier molecular flexibility index (Phi) is 3.65. The average Bonchev–Trinajstić information content (AvgIpc) is 3.03. The highest BCUT2D eigenvalue weighted by Gasteiger charge is 2.34. The highest BCUT2D eigenvalue weighted by molar-refractivity contribution is 7.13. The second-order valence-electron chi connectivity index (χ2n) is 4.66. The molecule has 1 aromatic rings. The number of carbonyl (C=O) groups excluding carboxylic acids is 1. The van der Waals surface area contributed by atoms with Crippen LogP contribution in [0, 0.1) is 19.8 Å². The van der Waals surface area contributed by atoms with Crippen molar-refractivity contribution in [1.82, 2.24) is 10.3 Å². The summed E-state index contributed by atoms with van der Waals surface area (Å²) in [6.07, 6.45) is 1.99. The van der Waals surface area contributed by atoms with Gasteiger partial charge in [-0.1, -0.05) is 0 Å². The quantitative estimate of drug-likeness (QED) is 0.852. The molecular weight excluding hydrogens is 252 g/mol. The number of aryl methyl sites for hydroxylation is 2. The second-order valence-corrected chi connectivity index (χ2v) is 5.87. The Labute approximate surface area is 109 Å². The van der Waals surface area contributed by atoms with Crippen molar-refractivity contribution in [2.75, 3.05) is 0 Å². The number of hydrogen-bond donors (Lipinski definition) is 2. The Morgan fingerprint density at radius 1 is 1.50 bits per heavy atom. The van der Waals surface area contributed by atoms with Gasteiger partial charge >= 0.3 is 5.97 Å². The van der Waals surface area contributed by atoms with Gasteiger partial charge in [0.25, 0.3) is 5.91 Å². The van der Waals surface area contributed by atoms with Crippen LogP contribution < -0.4 is 5.32 Å². The highest BCUT2D eigenvalue weighted by Crippen LogP contribution is 2.34. The predicted octanol–water partition coefficient (Wildman–Crippen LogP) is 1.74. The maximum atomic E-state index is 12.1. The fourth-order valence-corrected chi connectivity index (χ4v) is 2.82. The third-order valence-corrected chi connectivity index (χ3v) is 4.08. The van der Waals surface area contributed by atoms with E-state index in [9.17, 15) is 9.59 Å². The molecule has 1 saturated carbocycles. The molecule has 1 amide bonds. The van der Waals surface area contributed by atoms with E-state index in [0.717, 1.165) is 17.8 Å². The maximum absolute atomic E-state index is 12.1. The van der Waals surface area contributed by atoms with Crippen molar-refractivity contribution in [2.24, 2.45) is 5.92 Å². The number of carboxylic acids is 1. The molecule has 0 saturated heterocycles. The lowest BCUT2D eigenvalue weighted by Crippen LogP contribution is -2.38. The lowest BCUT2D eigenvalue weighted by atomic mass is 10.1. The van der Waals surface area contributed by atoms with Gasteiger partial charge in [0, 0.05) is 6.04 Å². The van der Waals surface area contributed by atoms with Gasteiger partial charge in [0.15, 0.2) is 0 Å². The van der Waals surface area contributed by atoms with Gasteiger partial charge in [0.05, 0.1) is 17.1 Å². The van der Waals surface area contributed by atoms with Gasteiger partial charge in [-0.3, -0.25) is 9.59 Å². The molecule has 2 N–H and O–H groups in total. The lowest BCUT2D eigenvalue weighted by Gasteiger charge is -2.15. The topological polar surface area (TPSA) is 79.3 Å². The summed E-state index contributed by atoms with van der Waals surface area (Å²) in [5.74, 6) is -0.750. The van der Waals surface area contributed by atoms with E-state index < -0.39 is 5.97 Å². The number of thiazole rings is 1.